The first kappa shape index (κ1) is 8.30. The molecule has 0 bridgehead atoms. The van der Waals surface area contributed by atoms with Crippen LogP contribution in [0.15, 0.2) is 54.6 Å². The molecular weight excluding hydrogens is 182 g/mol. The van der Waals surface area contributed by atoms with Crippen LogP contribution in [-0.2, 0) is 0 Å². The molecule has 1 heterocycles. The molecule has 1 N–H and O–H groups in total. The van der Waals surface area contributed by atoms with Crippen molar-refractivity contribution >= 4 is 10.9 Å². The van der Waals surface area contributed by atoms with Gasteiger partial charge in [0.2, 0.25) is 0 Å². The van der Waals surface area contributed by atoms with Crippen LogP contribution in [0.25, 0.3) is 22.2 Å². The topological polar surface area (TPSA) is 15.8 Å². The fourth-order valence-corrected chi connectivity index (χ4v) is 1.79. The van der Waals surface area contributed by atoms with Gasteiger partial charge in [-0.05, 0) is 29.8 Å². The molecule has 71 valence electrons. The fraction of sp³-hybridized carbons (Fsp3) is 0. The molecule has 1 nitrogen and oxygen atoms in total. The number of H-pyrrole nitrogens is 1. The molecule has 0 fully saturated rings. The molecule has 1 radical (unpaired) electrons. The summed E-state index contributed by atoms with van der Waals surface area (Å²) < 4.78 is 0. The molecule has 0 spiro atoms. The average molecular weight is 192 g/mol. The third-order valence-corrected chi connectivity index (χ3v) is 2.55. The van der Waals surface area contributed by atoms with Crippen LogP contribution < -0.4 is 0 Å². The van der Waals surface area contributed by atoms with E-state index >= 15 is 0 Å². The smallest absolute Gasteiger partial charge is 0.0464 e. The van der Waals surface area contributed by atoms with Crippen LogP contribution in [0, 0.1) is 6.07 Å². The Morgan fingerprint density at radius 2 is 1.87 bits per heavy atom. The SMILES string of the molecule is [c]1ccc2[nH]c(-c3ccccc3)cc2c1. The molecule has 0 aliphatic rings. The first-order valence-electron chi connectivity index (χ1n) is 4.98. The molecule has 3 aromatic rings. The fourth-order valence-electron chi connectivity index (χ4n) is 1.79. The number of benzene rings is 2. The minimum atomic E-state index is 1.16. The molecule has 0 atom stereocenters. The van der Waals surface area contributed by atoms with Crippen molar-refractivity contribution in [1.29, 1.82) is 0 Å². The minimum Gasteiger partial charge on any atom is -0.355 e. The average Bonchev–Trinajstić information content (AvgIpc) is 2.74. The van der Waals surface area contributed by atoms with E-state index in [1.165, 1.54) is 10.9 Å². The lowest BCUT2D eigenvalue weighted by atomic mass is 10.1. The van der Waals surface area contributed by atoms with E-state index in [9.17, 15) is 0 Å². The number of nitrogens with one attached hydrogen (secondary N) is 1. The summed E-state index contributed by atoms with van der Waals surface area (Å²) >= 11 is 0. The highest BCUT2D eigenvalue weighted by Gasteiger charge is 2.00. The Hall–Kier alpha value is -2.02. The van der Waals surface area contributed by atoms with E-state index in [1.54, 1.807) is 0 Å². The zero-order valence-electron chi connectivity index (χ0n) is 8.20. The summed E-state index contributed by atoms with van der Waals surface area (Å²) in [6, 6.07) is 21.5. The maximum Gasteiger partial charge on any atom is 0.0464 e. The number of fused-ring (bicyclic) bond motifs is 1. The van der Waals surface area contributed by atoms with Crippen molar-refractivity contribution in [2.75, 3.05) is 0 Å². The second kappa shape index (κ2) is 3.28. The zero-order chi connectivity index (χ0) is 10.1. The van der Waals surface area contributed by atoms with Crippen molar-refractivity contribution < 1.29 is 0 Å². The highest BCUT2D eigenvalue weighted by Crippen LogP contribution is 2.23. The van der Waals surface area contributed by atoms with Crippen LogP contribution in [0.3, 0.4) is 0 Å². The quantitative estimate of drug-likeness (QED) is 0.606. The van der Waals surface area contributed by atoms with E-state index in [-0.39, 0.29) is 0 Å². The van der Waals surface area contributed by atoms with Crippen LogP contribution >= 0.6 is 0 Å². The summed E-state index contributed by atoms with van der Waals surface area (Å²) in [5, 5.41) is 1.20. The highest BCUT2D eigenvalue weighted by molar-refractivity contribution is 5.85. The second-order valence-electron chi connectivity index (χ2n) is 3.56. The Kier molecular flexibility index (Phi) is 1.82. The predicted molar refractivity (Wildman–Crippen MR) is 62.6 cm³/mol. The van der Waals surface area contributed by atoms with Crippen LogP contribution in [0.1, 0.15) is 0 Å². The van der Waals surface area contributed by atoms with Crippen LogP contribution in [-0.4, -0.2) is 4.98 Å². The molecule has 1 heteroatoms. The largest absolute Gasteiger partial charge is 0.355 e. The van der Waals surface area contributed by atoms with E-state index in [1.807, 2.05) is 36.4 Å². The number of aromatic nitrogens is 1. The van der Waals surface area contributed by atoms with Crippen molar-refractivity contribution in [3.05, 3.63) is 60.7 Å². The molecule has 0 saturated heterocycles. The maximum absolute atomic E-state index is 3.39. The van der Waals surface area contributed by atoms with Gasteiger partial charge in [-0.1, -0.05) is 36.4 Å². The van der Waals surface area contributed by atoms with Crippen molar-refractivity contribution in [1.82, 2.24) is 4.98 Å². The van der Waals surface area contributed by atoms with Crippen molar-refractivity contribution in [3.63, 3.8) is 0 Å². The number of rotatable bonds is 1. The molecule has 0 unspecified atom stereocenters. The van der Waals surface area contributed by atoms with Crippen LogP contribution in [0.4, 0.5) is 0 Å². The van der Waals surface area contributed by atoms with Gasteiger partial charge in [-0.15, -0.1) is 0 Å². The molecular formula is C14H10N. The Morgan fingerprint density at radius 1 is 1.00 bits per heavy atom. The molecule has 1 aromatic heterocycles. The Balaban J connectivity index is 2.21. The van der Waals surface area contributed by atoms with Gasteiger partial charge in [0, 0.05) is 16.6 Å². The van der Waals surface area contributed by atoms with Gasteiger partial charge in [0.15, 0.2) is 0 Å². The van der Waals surface area contributed by atoms with E-state index in [4.69, 9.17) is 0 Å². The monoisotopic (exact) mass is 192 g/mol. The predicted octanol–water partition coefficient (Wildman–Crippen LogP) is 3.64. The van der Waals surface area contributed by atoms with E-state index in [0.717, 1.165) is 11.2 Å². The molecule has 0 aliphatic heterocycles. The van der Waals surface area contributed by atoms with Gasteiger partial charge in [-0.25, -0.2) is 0 Å². The van der Waals surface area contributed by atoms with Crippen molar-refractivity contribution in [3.8, 4) is 11.3 Å². The van der Waals surface area contributed by atoms with E-state index in [0.29, 0.717) is 0 Å². The zero-order valence-corrected chi connectivity index (χ0v) is 8.20. The summed E-state index contributed by atoms with van der Waals surface area (Å²) in [5.74, 6) is 0. The number of aromatic amines is 1. The van der Waals surface area contributed by atoms with E-state index < -0.39 is 0 Å². The van der Waals surface area contributed by atoms with Crippen LogP contribution in [0.5, 0.6) is 0 Å². The first-order chi connectivity index (χ1) is 7.43. The van der Waals surface area contributed by atoms with Gasteiger partial charge in [-0.3, -0.25) is 0 Å². The summed E-state index contributed by atoms with van der Waals surface area (Å²) in [6.45, 7) is 0. The molecule has 2 aromatic carbocycles. The Labute approximate surface area is 88.4 Å². The second-order valence-corrected chi connectivity index (χ2v) is 3.56. The molecule has 3 rings (SSSR count). The van der Waals surface area contributed by atoms with Crippen molar-refractivity contribution in [2.24, 2.45) is 0 Å². The van der Waals surface area contributed by atoms with Crippen LogP contribution in [0.2, 0.25) is 0 Å². The molecule has 15 heavy (non-hydrogen) atoms. The van der Waals surface area contributed by atoms with Crippen molar-refractivity contribution in [2.45, 2.75) is 0 Å². The lowest BCUT2D eigenvalue weighted by molar-refractivity contribution is 1.45. The van der Waals surface area contributed by atoms with Gasteiger partial charge in [-0.2, -0.15) is 0 Å². The van der Waals surface area contributed by atoms with Gasteiger partial charge in [0.1, 0.15) is 0 Å². The summed E-state index contributed by atoms with van der Waals surface area (Å²) in [7, 11) is 0. The lowest BCUT2D eigenvalue weighted by Crippen LogP contribution is -1.74. The molecule has 0 saturated carbocycles. The van der Waals surface area contributed by atoms with Gasteiger partial charge in [0.25, 0.3) is 0 Å². The Morgan fingerprint density at radius 3 is 2.67 bits per heavy atom. The maximum atomic E-state index is 3.39. The summed E-state index contributed by atoms with van der Waals surface area (Å²) in [4.78, 5) is 3.39. The minimum absolute atomic E-state index is 1.16. The third kappa shape index (κ3) is 1.42. The first-order valence-corrected chi connectivity index (χ1v) is 4.98. The molecule has 0 amide bonds. The van der Waals surface area contributed by atoms with E-state index in [2.05, 4.69) is 29.2 Å². The highest BCUT2D eigenvalue weighted by atomic mass is 14.7. The van der Waals surface area contributed by atoms with Gasteiger partial charge in [0.05, 0.1) is 0 Å². The Bertz CT molecular complexity index is 545. The molecule has 0 aliphatic carbocycles. The number of hydrogen-bond donors (Lipinski definition) is 1. The normalized spacial score (nSPS) is 10.7. The summed E-state index contributed by atoms with van der Waals surface area (Å²) in [6.07, 6.45) is 0. The van der Waals surface area contributed by atoms with Gasteiger partial charge < -0.3 is 4.98 Å². The summed E-state index contributed by atoms with van der Waals surface area (Å²) in [5.41, 5.74) is 3.53. The van der Waals surface area contributed by atoms with Gasteiger partial charge >= 0.3 is 0 Å². The lowest BCUT2D eigenvalue weighted by Gasteiger charge is -1.94. The standard InChI is InChI=1S/C14H10N/c1-2-6-11(7-3-1)14-10-12-8-4-5-9-13(12)15-14/h1-3,5-10,15H. The third-order valence-electron chi connectivity index (χ3n) is 2.55. The number of hydrogen-bond acceptors (Lipinski definition) is 0.